The Hall–Kier alpha value is -1.63. The van der Waals surface area contributed by atoms with Gasteiger partial charge in [-0.2, -0.15) is 0 Å². The van der Waals surface area contributed by atoms with Crippen molar-refractivity contribution < 1.29 is 4.79 Å². The number of carbonyl (C=O) groups is 1. The quantitative estimate of drug-likeness (QED) is 0.730. The zero-order chi connectivity index (χ0) is 11.4. The van der Waals surface area contributed by atoms with Gasteiger partial charge in [0.25, 0.3) is 0 Å². The summed E-state index contributed by atoms with van der Waals surface area (Å²) in [5.74, 6) is 0.259. The zero-order valence-corrected chi connectivity index (χ0v) is 9.57. The summed E-state index contributed by atoms with van der Waals surface area (Å²) < 4.78 is 0. The lowest BCUT2D eigenvalue weighted by atomic mass is 9.98. The van der Waals surface area contributed by atoms with Crippen LogP contribution in [0.4, 0.5) is 0 Å². The van der Waals surface area contributed by atoms with Crippen molar-refractivity contribution in [3.63, 3.8) is 0 Å². The molecule has 0 atom stereocenters. The summed E-state index contributed by atoms with van der Waals surface area (Å²) in [6, 6.07) is 8.38. The summed E-state index contributed by atoms with van der Waals surface area (Å²) in [5, 5.41) is 0. The number of benzene rings is 1. The first-order chi connectivity index (χ1) is 7.74. The largest absolute Gasteiger partial charge is 0.295 e. The number of aryl methyl sites for hydroxylation is 1. The van der Waals surface area contributed by atoms with Gasteiger partial charge in [-0.3, -0.25) is 4.79 Å². The predicted octanol–water partition coefficient (Wildman–Crippen LogP) is 3.69. The summed E-state index contributed by atoms with van der Waals surface area (Å²) in [6.07, 6.45) is 8.62. The van der Waals surface area contributed by atoms with Crippen LogP contribution in [-0.4, -0.2) is 5.78 Å². The second-order valence-electron chi connectivity index (χ2n) is 4.28. The molecule has 0 saturated heterocycles. The van der Waals surface area contributed by atoms with Crippen molar-refractivity contribution in [2.75, 3.05) is 0 Å². The molecule has 0 unspecified atom stereocenters. The Bertz CT molecular complexity index is 435. The summed E-state index contributed by atoms with van der Waals surface area (Å²) >= 11 is 0. The van der Waals surface area contributed by atoms with Crippen molar-refractivity contribution >= 4 is 11.9 Å². The molecule has 0 heterocycles. The highest BCUT2D eigenvalue weighted by molar-refractivity contribution is 5.91. The van der Waals surface area contributed by atoms with Crippen LogP contribution in [0, 0.1) is 6.92 Å². The first kappa shape index (κ1) is 10.9. The third-order valence-electron chi connectivity index (χ3n) is 2.80. The fraction of sp³-hybridized carbons (Fsp3) is 0.267. The first-order valence-corrected chi connectivity index (χ1v) is 5.72. The molecule has 1 aromatic carbocycles. The Morgan fingerprint density at radius 2 is 1.81 bits per heavy atom. The van der Waals surface area contributed by atoms with Crippen LogP contribution in [0.3, 0.4) is 0 Å². The number of rotatable bonds is 2. The maximum atomic E-state index is 11.2. The first-order valence-electron chi connectivity index (χ1n) is 5.72. The average molecular weight is 212 g/mol. The van der Waals surface area contributed by atoms with E-state index in [1.54, 1.807) is 6.08 Å². The standard InChI is InChI=1S/C15H16O/c1-12-5-7-13(8-6-12)9-10-14-3-2-4-15(16)11-14/h5-11H,2-4H2,1H3/b10-9+. The molecule has 0 bridgehead atoms. The van der Waals surface area contributed by atoms with E-state index in [2.05, 4.69) is 43.3 Å². The van der Waals surface area contributed by atoms with E-state index in [0.29, 0.717) is 6.42 Å². The van der Waals surface area contributed by atoms with Crippen LogP contribution < -0.4 is 0 Å². The summed E-state index contributed by atoms with van der Waals surface area (Å²) in [5.41, 5.74) is 3.60. The fourth-order valence-electron chi connectivity index (χ4n) is 1.83. The molecular weight excluding hydrogens is 196 g/mol. The minimum Gasteiger partial charge on any atom is -0.295 e. The highest BCUT2D eigenvalue weighted by Crippen LogP contribution is 2.17. The van der Waals surface area contributed by atoms with Crippen molar-refractivity contribution in [1.82, 2.24) is 0 Å². The second kappa shape index (κ2) is 4.93. The molecule has 82 valence electrons. The Morgan fingerprint density at radius 1 is 1.06 bits per heavy atom. The van der Waals surface area contributed by atoms with E-state index in [4.69, 9.17) is 0 Å². The summed E-state index contributed by atoms with van der Waals surface area (Å²) in [6.45, 7) is 2.08. The van der Waals surface area contributed by atoms with E-state index in [0.717, 1.165) is 18.4 Å². The average Bonchev–Trinajstić information content (AvgIpc) is 2.28. The van der Waals surface area contributed by atoms with E-state index in [1.165, 1.54) is 11.1 Å². The molecular formula is C15H16O. The third kappa shape index (κ3) is 2.93. The molecule has 1 nitrogen and oxygen atoms in total. The maximum absolute atomic E-state index is 11.2. The minimum atomic E-state index is 0.259. The van der Waals surface area contributed by atoms with E-state index in [9.17, 15) is 4.79 Å². The molecule has 0 spiro atoms. The molecule has 0 saturated carbocycles. The molecule has 1 aromatic rings. The summed E-state index contributed by atoms with van der Waals surface area (Å²) in [4.78, 5) is 11.2. The van der Waals surface area contributed by atoms with Crippen LogP contribution in [0.1, 0.15) is 30.4 Å². The van der Waals surface area contributed by atoms with Gasteiger partial charge in [0, 0.05) is 6.42 Å². The van der Waals surface area contributed by atoms with Crippen LogP contribution in [0.2, 0.25) is 0 Å². The number of allylic oxidation sites excluding steroid dienone is 3. The Kier molecular flexibility index (Phi) is 3.35. The van der Waals surface area contributed by atoms with Crippen molar-refractivity contribution in [1.29, 1.82) is 0 Å². The van der Waals surface area contributed by atoms with Crippen molar-refractivity contribution in [2.45, 2.75) is 26.2 Å². The molecule has 1 aliphatic carbocycles. The zero-order valence-electron chi connectivity index (χ0n) is 9.57. The van der Waals surface area contributed by atoms with Crippen LogP contribution in [0.5, 0.6) is 0 Å². The maximum Gasteiger partial charge on any atom is 0.155 e. The summed E-state index contributed by atoms with van der Waals surface area (Å²) in [7, 11) is 0. The number of hydrogen-bond acceptors (Lipinski definition) is 1. The minimum absolute atomic E-state index is 0.259. The Balaban J connectivity index is 2.09. The molecule has 2 rings (SSSR count). The van der Waals surface area contributed by atoms with Gasteiger partial charge in [0.2, 0.25) is 0 Å². The molecule has 0 aliphatic heterocycles. The third-order valence-corrected chi connectivity index (χ3v) is 2.80. The number of ketones is 1. The van der Waals surface area contributed by atoms with Crippen LogP contribution in [-0.2, 0) is 4.79 Å². The van der Waals surface area contributed by atoms with E-state index >= 15 is 0 Å². The van der Waals surface area contributed by atoms with Crippen molar-refractivity contribution in [2.24, 2.45) is 0 Å². The van der Waals surface area contributed by atoms with Gasteiger partial charge < -0.3 is 0 Å². The molecule has 0 aromatic heterocycles. The van der Waals surface area contributed by atoms with Crippen molar-refractivity contribution in [3.8, 4) is 0 Å². The molecule has 0 N–H and O–H groups in total. The molecule has 1 aliphatic rings. The highest BCUT2D eigenvalue weighted by atomic mass is 16.1. The van der Waals surface area contributed by atoms with Gasteiger partial charge in [-0.05, 0) is 37.0 Å². The number of hydrogen-bond donors (Lipinski definition) is 0. The van der Waals surface area contributed by atoms with Crippen LogP contribution in [0.15, 0.2) is 42.0 Å². The van der Waals surface area contributed by atoms with E-state index < -0.39 is 0 Å². The smallest absolute Gasteiger partial charge is 0.155 e. The normalized spacial score (nSPS) is 16.6. The molecule has 1 heteroatoms. The molecule has 0 amide bonds. The SMILES string of the molecule is Cc1ccc(/C=C/C2=CC(=O)CCC2)cc1. The van der Waals surface area contributed by atoms with Crippen LogP contribution in [0.25, 0.3) is 6.08 Å². The van der Waals surface area contributed by atoms with Gasteiger partial charge in [-0.25, -0.2) is 0 Å². The molecule has 0 radical (unpaired) electrons. The predicted molar refractivity (Wildman–Crippen MR) is 67.2 cm³/mol. The van der Waals surface area contributed by atoms with E-state index in [1.807, 2.05) is 0 Å². The lowest BCUT2D eigenvalue weighted by Gasteiger charge is -2.07. The lowest BCUT2D eigenvalue weighted by Crippen LogP contribution is -2.00. The van der Waals surface area contributed by atoms with Crippen molar-refractivity contribution in [3.05, 3.63) is 53.1 Å². The number of carbonyl (C=O) groups excluding carboxylic acids is 1. The van der Waals surface area contributed by atoms with E-state index in [-0.39, 0.29) is 5.78 Å². The molecule has 16 heavy (non-hydrogen) atoms. The second-order valence-corrected chi connectivity index (χ2v) is 4.28. The van der Waals surface area contributed by atoms with Gasteiger partial charge in [-0.15, -0.1) is 0 Å². The molecule has 0 fully saturated rings. The topological polar surface area (TPSA) is 17.1 Å². The van der Waals surface area contributed by atoms with Gasteiger partial charge in [0.15, 0.2) is 5.78 Å². The Labute approximate surface area is 96.5 Å². The Morgan fingerprint density at radius 3 is 2.50 bits per heavy atom. The fourth-order valence-corrected chi connectivity index (χ4v) is 1.83. The highest BCUT2D eigenvalue weighted by Gasteiger charge is 2.06. The van der Waals surface area contributed by atoms with Crippen LogP contribution >= 0.6 is 0 Å². The lowest BCUT2D eigenvalue weighted by molar-refractivity contribution is -0.115. The van der Waals surface area contributed by atoms with Gasteiger partial charge >= 0.3 is 0 Å². The monoisotopic (exact) mass is 212 g/mol. The van der Waals surface area contributed by atoms with Gasteiger partial charge in [-0.1, -0.05) is 42.0 Å². The van der Waals surface area contributed by atoms with Gasteiger partial charge in [0.05, 0.1) is 0 Å². The van der Waals surface area contributed by atoms with Gasteiger partial charge in [0.1, 0.15) is 0 Å².